The van der Waals surface area contributed by atoms with Crippen LogP contribution in [0, 0.1) is 11.3 Å². The molecule has 0 amide bonds. The number of pyridine rings is 1. The van der Waals surface area contributed by atoms with Crippen molar-refractivity contribution in [1.82, 2.24) is 14.9 Å². The standard InChI is InChI=1S/C25H28N6O2/c1-16(32)21-4-3-19(13-23(21)33)29-7-9-30(10-8-29)24-6-5-22-17(14-26)15-31(25(22)28-24)20-11-18(12-20)27-2/h3-6,13,15,18,20,27,33H,7-12H2,1-2H3. The first-order valence-corrected chi connectivity index (χ1v) is 11.4. The Morgan fingerprint density at radius 3 is 2.52 bits per heavy atom. The number of carbonyl (C=O) groups excluding carboxylic acids is 1. The van der Waals surface area contributed by atoms with Crippen LogP contribution >= 0.6 is 0 Å². The molecule has 8 nitrogen and oxygen atoms in total. The molecule has 2 aliphatic rings. The highest BCUT2D eigenvalue weighted by Crippen LogP contribution is 2.36. The molecule has 0 atom stereocenters. The predicted octanol–water partition coefficient (Wildman–Crippen LogP) is 3.07. The average Bonchev–Trinajstić information content (AvgIpc) is 3.16. The van der Waals surface area contributed by atoms with Gasteiger partial charge in [0.05, 0.1) is 11.1 Å². The van der Waals surface area contributed by atoms with Gasteiger partial charge in [-0.15, -0.1) is 0 Å². The van der Waals surface area contributed by atoms with Crippen LogP contribution in [0.15, 0.2) is 36.5 Å². The van der Waals surface area contributed by atoms with Crippen molar-refractivity contribution in [3.63, 3.8) is 0 Å². The molecule has 1 saturated carbocycles. The van der Waals surface area contributed by atoms with Crippen LogP contribution in [0.3, 0.4) is 0 Å². The van der Waals surface area contributed by atoms with Gasteiger partial charge >= 0.3 is 0 Å². The van der Waals surface area contributed by atoms with Gasteiger partial charge in [0, 0.05) is 61.6 Å². The number of benzene rings is 1. The highest BCUT2D eigenvalue weighted by molar-refractivity contribution is 5.97. The van der Waals surface area contributed by atoms with Crippen LogP contribution < -0.4 is 15.1 Å². The summed E-state index contributed by atoms with van der Waals surface area (Å²) in [4.78, 5) is 21.0. The molecule has 0 spiro atoms. The van der Waals surface area contributed by atoms with E-state index in [2.05, 4.69) is 25.8 Å². The Bertz CT molecular complexity index is 1250. The third-order valence-electron chi connectivity index (χ3n) is 7.03. The summed E-state index contributed by atoms with van der Waals surface area (Å²) in [5.74, 6) is 0.809. The number of piperazine rings is 1. The molecule has 3 aromatic rings. The number of aromatic nitrogens is 2. The van der Waals surface area contributed by atoms with Crippen molar-refractivity contribution in [2.45, 2.75) is 31.8 Å². The number of aromatic hydroxyl groups is 1. The molecule has 0 radical (unpaired) electrons. The van der Waals surface area contributed by atoms with Gasteiger partial charge in [-0.05, 0) is 51.1 Å². The zero-order chi connectivity index (χ0) is 23.1. The first-order chi connectivity index (χ1) is 16.0. The molecule has 5 rings (SSSR count). The maximum absolute atomic E-state index is 11.6. The number of nitrogens with one attached hydrogen (secondary N) is 1. The lowest BCUT2D eigenvalue weighted by Crippen LogP contribution is -2.46. The summed E-state index contributed by atoms with van der Waals surface area (Å²) < 4.78 is 2.18. The van der Waals surface area contributed by atoms with E-state index >= 15 is 0 Å². The Kier molecular flexibility index (Phi) is 5.43. The lowest BCUT2D eigenvalue weighted by molar-refractivity contribution is 0.101. The van der Waals surface area contributed by atoms with Gasteiger partial charge in [-0.2, -0.15) is 5.26 Å². The minimum absolute atomic E-state index is 0.0279. The van der Waals surface area contributed by atoms with Gasteiger partial charge in [0.25, 0.3) is 0 Å². The maximum Gasteiger partial charge on any atom is 0.163 e. The van der Waals surface area contributed by atoms with Gasteiger partial charge in [0.2, 0.25) is 0 Å². The van der Waals surface area contributed by atoms with Crippen molar-refractivity contribution in [2.24, 2.45) is 0 Å². The number of hydrogen-bond acceptors (Lipinski definition) is 7. The molecule has 8 heteroatoms. The predicted molar refractivity (Wildman–Crippen MR) is 128 cm³/mol. The van der Waals surface area contributed by atoms with Crippen LogP contribution in [-0.4, -0.2) is 59.7 Å². The highest BCUT2D eigenvalue weighted by Gasteiger charge is 2.31. The Morgan fingerprint density at radius 2 is 1.88 bits per heavy atom. The van der Waals surface area contributed by atoms with E-state index in [1.54, 1.807) is 12.1 Å². The topological polar surface area (TPSA) is 97.4 Å². The molecule has 33 heavy (non-hydrogen) atoms. The van der Waals surface area contributed by atoms with Crippen molar-refractivity contribution < 1.29 is 9.90 Å². The van der Waals surface area contributed by atoms with E-state index in [1.165, 1.54) is 6.92 Å². The number of Topliss-reactive ketones (excluding diaryl/α,β-unsaturated/α-hetero) is 1. The molecule has 2 fully saturated rings. The quantitative estimate of drug-likeness (QED) is 0.584. The van der Waals surface area contributed by atoms with Gasteiger partial charge < -0.3 is 24.8 Å². The molecular formula is C25H28N6O2. The first-order valence-electron chi connectivity index (χ1n) is 11.4. The van der Waals surface area contributed by atoms with E-state index in [0.717, 1.165) is 61.6 Å². The third-order valence-corrected chi connectivity index (χ3v) is 7.03. The Balaban J connectivity index is 1.34. The SMILES string of the molecule is CNC1CC(n2cc(C#N)c3ccc(N4CCN(c5ccc(C(C)=O)c(O)c5)CC4)nc32)C1. The second-order valence-corrected chi connectivity index (χ2v) is 8.95. The first kappa shape index (κ1) is 21.3. The summed E-state index contributed by atoms with van der Waals surface area (Å²) in [6.45, 7) is 4.62. The number of hydrogen-bond donors (Lipinski definition) is 2. The molecular weight excluding hydrogens is 416 g/mol. The zero-order valence-electron chi connectivity index (χ0n) is 19.0. The van der Waals surface area contributed by atoms with Gasteiger partial charge in [0.15, 0.2) is 5.78 Å². The third kappa shape index (κ3) is 3.79. The van der Waals surface area contributed by atoms with Crippen LogP contribution in [0.2, 0.25) is 0 Å². The van der Waals surface area contributed by atoms with E-state index in [-0.39, 0.29) is 11.5 Å². The smallest absolute Gasteiger partial charge is 0.163 e. The summed E-state index contributed by atoms with van der Waals surface area (Å²) in [5, 5.41) is 24.0. The monoisotopic (exact) mass is 444 g/mol. The summed E-state index contributed by atoms with van der Waals surface area (Å²) in [6, 6.07) is 12.5. The maximum atomic E-state index is 11.6. The van der Waals surface area contributed by atoms with Crippen LogP contribution in [0.4, 0.5) is 11.5 Å². The minimum Gasteiger partial charge on any atom is -0.507 e. The number of fused-ring (bicyclic) bond motifs is 1. The largest absolute Gasteiger partial charge is 0.507 e. The number of phenolic OH excluding ortho intramolecular Hbond substituents is 1. The number of anilines is 2. The van der Waals surface area contributed by atoms with E-state index in [1.807, 2.05) is 31.4 Å². The fraction of sp³-hybridized carbons (Fsp3) is 0.400. The average molecular weight is 445 g/mol. The van der Waals surface area contributed by atoms with Crippen molar-refractivity contribution in [2.75, 3.05) is 43.0 Å². The molecule has 1 aromatic carbocycles. The van der Waals surface area contributed by atoms with Gasteiger partial charge in [-0.3, -0.25) is 4.79 Å². The van der Waals surface area contributed by atoms with E-state index in [9.17, 15) is 15.2 Å². The van der Waals surface area contributed by atoms with Crippen molar-refractivity contribution >= 4 is 28.3 Å². The normalized spacial score (nSPS) is 20.5. The van der Waals surface area contributed by atoms with Gasteiger partial charge in [0.1, 0.15) is 23.3 Å². The molecule has 1 aliphatic carbocycles. The number of rotatable bonds is 5. The summed E-state index contributed by atoms with van der Waals surface area (Å²) in [7, 11) is 1.99. The van der Waals surface area contributed by atoms with Crippen LogP contribution in [0.25, 0.3) is 11.0 Å². The summed E-state index contributed by atoms with van der Waals surface area (Å²) in [5.41, 5.74) is 2.82. The van der Waals surface area contributed by atoms with E-state index in [0.29, 0.717) is 23.2 Å². The lowest BCUT2D eigenvalue weighted by Gasteiger charge is -2.37. The lowest BCUT2D eigenvalue weighted by atomic mass is 9.87. The number of carbonyl (C=O) groups is 1. The second kappa shape index (κ2) is 8.41. The van der Waals surface area contributed by atoms with E-state index < -0.39 is 0 Å². The van der Waals surface area contributed by atoms with Gasteiger partial charge in [-0.25, -0.2) is 4.98 Å². The van der Waals surface area contributed by atoms with Crippen LogP contribution in [0.5, 0.6) is 5.75 Å². The Morgan fingerprint density at radius 1 is 1.15 bits per heavy atom. The summed E-state index contributed by atoms with van der Waals surface area (Å²) in [6.07, 6.45) is 4.04. The fourth-order valence-electron chi connectivity index (χ4n) is 4.92. The van der Waals surface area contributed by atoms with Crippen molar-refractivity contribution in [3.8, 4) is 11.8 Å². The number of phenols is 1. The van der Waals surface area contributed by atoms with Crippen molar-refractivity contribution in [1.29, 1.82) is 5.26 Å². The molecule has 0 bridgehead atoms. The highest BCUT2D eigenvalue weighted by atomic mass is 16.3. The fourth-order valence-corrected chi connectivity index (χ4v) is 4.92. The van der Waals surface area contributed by atoms with Crippen LogP contribution in [-0.2, 0) is 0 Å². The number of nitrogens with zero attached hydrogens (tertiary/aromatic N) is 5. The molecule has 0 unspecified atom stereocenters. The Labute approximate surface area is 193 Å². The zero-order valence-corrected chi connectivity index (χ0v) is 19.0. The molecule has 1 aliphatic heterocycles. The molecule has 1 saturated heterocycles. The Hall–Kier alpha value is -3.57. The molecule has 2 aromatic heterocycles. The summed E-state index contributed by atoms with van der Waals surface area (Å²) >= 11 is 0. The minimum atomic E-state index is -0.141. The van der Waals surface area contributed by atoms with Crippen molar-refractivity contribution in [3.05, 3.63) is 47.7 Å². The second-order valence-electron chi connectivity index (χ2n) is 8.95. The molecule has 2 N–H and O–H groups in total. The number of nitriles is 1. The van der Waals surface area contributed by atoms with Crippen LogP contribution in [0.1, 0.15) is 41.7 Å². The number of ketones is 1. The van der Waals surface area contributed by atoms with Gasteiger partial charge in [-0.1, -0.05) is 0 Å². The molecule has 3 heterocycles. The van der Waals surface area contributed by atoms with E-state index in [4.69, 9.17) is 4.98 Å². The molecule has 170 valence electrons.